The largest absolute Gasteiger partial charge is 0.464 e. The van der Waals surface area contributed by atoms with Crippen LogP contribution in [-0.2, 0) is 10.0 Å². The zero-order valence-corrected chi connectivity index (χ0v) is 12.0. The van der Waals surface area contributed by atoms with Gasteiger partial charge in [0.15, 0.2) is 0 Å². The fourth-order valence-electron chi connectivity index (χ4n) is 1.88. The summed E-state index contributed by atoms with van der Waals surface area (Å²) in [7, 11) is -4.30. The van der Waals surface area contributed by atoms with Crippen LogP contribution in [0.3, 0.4) is 0 Å². The van der Waals surface area contributed by atoms with Crippen molar-refractivity contribution in [3.05, 3.63) is 60.2 Å². The lowest BCUT2D eigenvalue weighted by molar-refractivity contribution is 0.206. The van der Waals surface area contributed by atoms with Crippen molar-refractivity contribution in [2.75, 3.05) is 4.31 Å². The number of hydrogen-bond acceptors (Lipinski definition) is 5. The van der Waals surface area contributed by atoms with Crippen molar-refractivity contribution in [1.82, 2.24) is 0 Å². The average Bonchev–Trinajstić information content (AvgIpc) is 2.50. The number of rotatable bonds is 4. The average molecular weight is 320 g/mol. The lowest BCUT2D eigenvalue weighted by Crippen LogP contribution is -2.36. The van der Waals surface area contributed by atoms with Crippen LogP contribution in [0.5, 0.6) is 0 Å². The zero-order valence-electron chi connectivity index (χ0n) is 11.2. The van der Waals surface area contributed by atoms with Crippen molar-refractivity contribution in [3.63, 3.8) is 0 Å². The smallest absolute Gasteiger partial charge is 0.426 e. The van der Waals surface area contributed by atoms with Crippen molar-refractivity contribution in [1.29, 1.82) is 0 Å². The SMILES string of the molecule is O=C(O)N(c1ccccc1C=NO)S(=O)(=O)c1ccccc1. The second kappa shape index (κ2) is 6.27. The van der Waals surface area contributed by atoms with E-state index < -0.39 is 16.1 Å². The van der Waals surface area contributed by atoms with Crippen LogP contribution in [0.2, 0.25) is 0 Å². The third-order valence-electron chi connectivity index (χ3n) is 2.81. The molecule has 0 radical (unpaired) electrons. The summed E-state index contributed by atoms with van der Waals surface area (Å²) in [5, 5.41) is 20.8. The lowest BCUT2D eigenvalue weighted by Gasteiger charge is -2.20. The van der Waals surface area contributed by atoms with Crippen LogP contribution in [0, 0.1) is 0 Å². The Kier molecular flexibility index (Phi) is 4.42. The number of hydrogen-bond donors (Lipinski definition) is 2. The van der Waals surface area contributed by atoms with Crippen molar-refractivity contribution in [3.8, 4) is 0 Å². The van der Waals surface area contributed by atoms with Crippen molar-refractivity contribution >= 4 is 28.0 Å². The fraction of sp³-hybridized carbons (Fsp3) is 0. The molecule has 0 spiro atoms. The summed E-state index contributed by atoms with van der Waals surface area (Å²) >= 11 is 0. The van der Waals surface area contributed by atoms with Crippen LogP contribution in [0.15, 0.2) is 64.6 Å². The number of anilines is 1. The first-order valence-electron chi connectivity index (χ1n) is 6.08. The Morgan fingerprint density at radius 1 is 1.05 bits per heavy atom. The Morgan fingerprint density at radius 2 is 1.64 bits per heavy atom. The van der Waals surface area contributed by atoms with Crippen LogP contribution in [0.4, 0.5) is 10.5 Å². The van der Waals surface area contributed by atoms with E-state index in [1.54, 1.807) is 12.1 Å². The van der Waals surface area contributed by atoms with Gasteiger partial charge in [0.25, 0.3) is 10.0 Å². The molecule has 8 heteroatoms. The Hall–Kier alpha value is -2.87. The van der Waals surface area contributed by atoms with E-state index in [4.69, 9.17) is 5.21 Å². The molecule has 0 heterocycles. The third kappa shape index (κ3) is 2.91. The molecule has 2 rings (SSSR count). The maximum atomic E-state index is 12.6. The molecule has 2 aromatic rings. The number of carbonyl (C=O) groups is 1. The number of amides is 1. The predicted molar refractivity (Wildman–Crippen MR) is 80.0 cm³/mol. The molecule has 0 unspecified atom stereocenters. The van der Waals surface area contributed by atoms with Crippen LogP contribution in [0.1, 0.15) is 5.56 Å². The van der Waals surface area contributed by atoms with Gasteiger partial charge in [-0.05, 0) is 18.2 Å². The molecule has 0 saturated heterocycles. The Labute approximate surface area is 126 Å². The first-order chi connectivity index (χ1) is 10.5. The van der Waals surface area contributed by atoms with Crippen molar-refractivity contribution in [2.24, 2.45) is 5.16 Å². The highest BCUT2D eigenvalue weighted by Crippen LogP contribution is 2.26. The van der Waals surface area contributed by atoms with Crippen molar-refractivity contribution < 1.29 is 23.5 Å². The minimum absolute atomic E-state index is 0.128. The maximum absolute atomic E-state index is 12.6. The van der Waals surface area contributed by atoms with E-state index in [1.165, 1.54) is 42.5 Å². The molecule has 2 aromatic carbocycles. The predicted octanol–water partition coefficient (Wildman–Crippen LogP) is 2.37. The highest BCUT2D eigenvalue weighted by Gasteiger charge is 2.32. The molecule has 0 aliphatic heterocycles. The number of para-hydroxylation sites is 1. The molecule has 0 bridgehead atoms. The number of carboxylic acid groups (broad SMARTS) is 1. The Morgan fingerprint density at radius 3 is 2.23 bits per heavy atom. The summed E-state index contributed by atoms with van der Waals surface area (Å²) < 4.78 is 25.4. The van der Waals surface area contributed by atoms with Crippen molar-refractivity contribution in [2.45, 2.75) is 4.90 Å². The van der Waals surface area contributed by atoms with E-state index in [0.717, 1.165) is 6.21 Å². The summed E-state index contributed by atoms with van der Waals surface area (Å²) in [5.74, 6) is 0. The van der Waals surface area contributed by atoms with Crippen LogP contribution < -0.4 is 4.31 Å². The normalized spacial score (nSPS) is 11.5. The second-order valence-electron chi connectivity index (χ2n) is 4.17. The first kappa shape index (κ1) is 15.5. The van der Waals surface area contributed by atoms with Gasteiger partial charge in [-0.25, -0.2) is 13.2 Å². The number of benzene rings is 2. The molecular formula is C14H12N2O5S. The monoisotopic (exact) mass is 320 g/mol. The van der Waals surface area contributed by atoms with Gasteiger partial charge in [0.1, 0.15) is 0 Å². The van der Waals surface area contributed by atoms with E-state index in [0.29, 0.717) is 0 Å². The highest BCUT2D eigenvalue weighted by molar-refractivity contribution is 7.93. The minimum atomic E-state index is -4.30. The number of nitrogens with zero attached hydrogens (tertiary/aromatic N) is 2. The topological polar surface area (TPSA) is 107 Å². The molecule has 0 atom stereocenters. The minimum Gasteiger partial charge on any atom is -0.464 e. The molecule has 0 saturated carbocycles. The summed E-state index contributed by atoms with van der Waals surface area (Å²) in [6, 6.07) is 13.0. The van der Waals surface area contributed by atoms with Crippen LogP contribution >= 0.6 is 0 Å². The van der Waals surface area contributed by atoms with Gasteiger partial charge in [-0.15, -0.1) is 0 Å². The van der Waals surface area contributed by atoms with E-state index in [1.807, 2.05) is 0 Å². The Balaban J connectivity index is 2.65. The zero-order chi connectivity index (χ0) is 16.2. The molecule has 114 valence electrons. The summed E-state index contributed by atoms with van der Waals surface area (Å²) in [5.41, 5.74) is 0.0172. The first-order valence-corrected chi connectivity index (χ1v) is 7.52. The Bertz CT molecular complexity index is 803. The summed E-state index contributed by atoms with van der Waals surface area (Å²) in [6.07, 6.45) is -0.700. The quantitative estimate of drug-likeness (QED) is 0.511. The van der Waals surface area contributed by atoms with E-state index in [9.17, 15) is 18.3 Å². The molecule has 0 aliphatic rings. The summed E-state index contributed by atoms with van der Waals surface area (Å²) in [6.45, 7) is 0. The van der Waals surface area contributed by atoms with E-state index in [-0.39, 0.29) is 20.5 Å². The van der Waals surface area contributed by atoms with Gasteiger partial charge in [0.2, 0.25) is 0 Å². The molecule has 0 aromatic heterocycles. The molecular weight excluding hydrogens is 308 g/mol. The molecule has 0 fully saturated rings. The molecule has 22 heavy (non-hydrogen) atoms. The van der Waals surface area contributed by atoms with Gasteiger partial charge in [-0.3, -0.25) is 0 Å². The second-order valence-corrected chi connectivity index (χ2v) is 5.96. The van der Waals surface area contributed by atoms with Gasteiger partial charge in [0, 0.05) is 5.56 Å². The van der Waals surface area contributed by atoms with Gasteiger partial charge in [-0.2, -0.15) is 4.31 Å². The molecule has 1 amide bonds. The molecule has 0 aliphatic carbocycles. The van der Waals surface area contributed by atoms with Crippen LogP contribution in [-0.4, -0.2) is 31.0 Å². The maximum Gasteiger partial charge on any atom is 0.426 e. The molecule has 7 nitrogen and oxygen atoms in total. The third-order valence-corrected chi connectivity index (χ3v) is 4.51. The van der Waals surface area contributed by atoms with Gasteiger partial charge in [0.05, 0.1) is 16.8 Å². The fourth-order valence-corrected chi connectivity index (χ4v) is 3.22. The van der Waals surface area contributed by atoms with E-state index >= 15 is 0 Å². The summed E-state index contributed by atoms with van der Waals surface area (Å²) in [4.78, 5) is 11.4. The van der Waals surface area contributed by atoms with Gasteiger partial charge in [-0.1, -0.05) is 41.6 Å². The standard InChI is InChI=1S/C14H12N2O5S/c17-14(18)16(13-9-5-4-6-11(13)10-15-19)22(20,21)12-7-2-1-3-8-12/h1-10,19H,(H,17,18). The number of oxime groups is 1. The number of sulfonamides is 1. The van der Waals surface area contributed by atoms with Crippen LogP contribution in [0.25, 0.3) is 0 Å². The highest BCUT2D eigenvalue weighted by atomic mass is 32.2. The van der Waals surface area contributed by atoms with E-state index in [2.05, 4.69) is 5.16 Å². The van der Waals surface area contributed by atoms with Gasteiger partial charge >= 0.3 is 6.09 Å². The lowest BCUT2D eigenvalue weighted by atomic mass is 10.2. The van der Waals surface area contributed by atoms with Gasteiger partial charge < -0.3 is 10.3 Å². The molecule has 2 N–H and O–H groups in total.